The topological polar surface area (TPSA) is 53.2 Å². The van der Waals surface area contributed by atoms with E-state index in [9.17, 15) is 9.59 Å². The summed E-state index contributed by atoms with van der Waals surface area (Å²) in [6.45, 7) is 6.14. The fraction of sp³-hybridized carbons (Fsp3) is 0.455. The number of hydrogen-bond donors (Lipinski definition) is 1. The number of H-pyrrole nitrogens is 1. The van der Waals surface area contributed by atoms with Gasteiger partial charge in [0.05, 0.1) is 0 Å². The van der Waals surface area contributed by atoms with Crippen LogP contribution in [0.5, 0.6) is 0 Å². The first-order valence-electron chi connectivity index (χ1n) is 4.93. The van der Waals surface area contributed by atoms with Crippen LogP contribution in [0.4, 0.5) is 0 Å². The number of nitrogens with zero attached hydrogens (tertiary/aromatic N) is 1. The summed E-state index contributed by atoms with van der Waals surface area (Å²) in [6.07, 6.45) is 0. The van der Waals surface area contributed by atoms with Crippen molar-refractivity contribution in [2.45, 2.75) is 20.8 Å². The van der Waals surface area contributed by atoms with E-state index in [1.807, 2.05) is 20.8 Å². The van der Waals surface area contributed by atoms with E-state index in [1.54, 1.807) is 13.1 Å². The van der Waals surface area contributed by atoms with Gasteiger partial charge in [0, 0.05) is 19.3 Å². The first-order valence-corrected chi connectivity index (χ1v) is 4.93. The number of pyridine rings is 1. The van der Waals surface area contributed by atoms with Crippen molar-refractivity contribution in [1.29, 1.82) is 0 Å². The summed E-state index contributed by atoms with van der Waals surface area (Å²) in [5, 5.41) is 0. The van der Waals surface area contributed by atoms with E-state index < -0.39 is 0 Å². The number of aromatic nitrogens is 1. The normalized spacial score (nSPS) is 10.1. The van der Waals surface area contributed by atoms with E-state index in [2.05, 4.69) is 4.98 Å². The second kappa shape index (κ2) is 4.29. The molecule has 0 spiro atoms. The van der Waals surface area contributed by atoms with E-state index in [0.29, 0.717) is 6.54 Å². The average Bonchev–Trinajstić information content (AvgIpc) is 2.21. The lowest BCUT2D eigenvalue weighted by molar-refractivity contribution is 0.0800. The second-order valence-electron chi connectivity index (χ2n) is 3.64. The molecule has 1 heterocycles. The lowest BCUT2D eigenvalue weighted by Gasteiger charge is -2.14. The van der Waals surface area contributed by atoms with E-state index in [0.717, 1.165) is 11.3 Å². The Hall–Kier alpha value is -1.58. The third-order valence-electron chi connectivity index (χ3n) is 2.55. The summed E-state index contributed by atoms with van der Waals surface area (Å²) in [4.78, 5) is 27.5. The molecule has 4 nitrogen and oxygen atoms in total. The number of rotatable bonds is 2. The SMILES string of the molecule is CCN(C)C(=O)c1cc(C)c(C)[nH]c1=O. The number of carbonyl (C=O) groups is 1. The quantitative estimate of drug-likeness (QED) is 0.790. The van der Waals surface area contributed by atoms with Crippen molar-refractivity contribution < 1.29 is 4.79 Å². The molecule has 0 aromatic carbocycles. The molecule has 82 valence electrons. The van der Waals surface area contributed by atoms with Crippen molar-refractivity contribution in [3.8, 4) is 0 Å². The van der Waals surface area contributed by atoms with Crippen molar-refractivity contribution in [1.82, 2.24) is 9.88 Å². The first kappa shape index (κ1) is 11.5. The zero-order valence-electron chi connectivity index (χ0n) is 9.55. The molecule has 0 saturated heterocycles. The molecule has 0 aliphatic heterocycles. The molecular formula is C11H16N2O2. The minimum atomic E-state index is -0.316. The van der Waals surface area contributed by atoms with Gasteiger partial charge in [-0.25, -0.2) is 0 Å². The van der Waals surface area contributed by atoms with Gasteiger partial charge in [0.1, 0.15) is 5.56 Å². The van der Waals surface area contributed by atoms with Crippen LogP contribution < -0.4 is 5.56 Å². The molecule has 0 aliphatic carbocycles. The molecule has 0 bridgehead atoms. The van der Waals surface area contributed by atoms with Gasteiger partial charge >= 0.3 is 0 Å². The fourth-order valence-corrected chi connectivity index (χ4v) is 1.23. The van der Waals surface area contributed by atoms with Crippen LogP contribution in [-0.4, -0.2) is 29.4 Å². The van der Waals surface area contributed by atoms with Crippen LogP contribution in [0.2, 0.25) is 0 Å². The van der Waals surface area contributed by atoms with Gasteiger partial charge in [0.25, 0.3) is 11.5 Å². The highest BCUT2D eigenvalue weighted by Crippen LogP contribution is 2.04. The van der Waals surface area contributed by atoms with Gasteiger partial charge in [0.2, 0.25) is 0 Å². The fourth-order valence-electron chi connectivity index (χ4n) is 1.23. The van der Waals surface area contributed by atoms with E-state index in [-0.39, 0.29) is 17.0 Å². The summed E-state index contributed by atoms with van der Waals surface area (Å²) in [5.74, 6) is -0.234. The average molecular weight is 208 g/mol. The van der Waals surface area contributed by atoms with Gasteiger partial charge in [-0.1, -0.05) is 0 Å². The molecule has 1 rings (SSSR count). The molecule has 0 fully saturated rings. The number of aromatic amines is 1. The maximum Gasteiger partial charge on any atom is 0.261 e. The van der Waals surface area contributed by atoms with Crippen LogP contribution in [0.25, 0.3) is 0 Å². The van der Waals surface area contributed by atoms with Gasteiger partial charge in [-0.2, -0.15) is 0 Å². The summed E-state index contributed by atoms with van der Waals surface area (Å²) in [5.41, 5.74) is 1.61. The Labute approximate surface area is 88.9 Å². The molecule has 0 unspecified atom stereocenters. The summed E-state index contributed by atoms with van der Waals surface area (Å²) < 4.78 is 0. The Balaban J connectivity index is 3.21. The lowest BCUT2D eigenvalue weighted by Crippen LogP contribution is -2.31. The van der Waals surface area contributed by atoms with Gasteiger partial charge < -0.3 is 9.88 Å². The van der Waals surface area contributed by atoms with Crippen molar-refractivity contribution in [3.63, 3.8) is 0 Å². The van der Waals surface area contributed by atoms with Crippen molar-refractivity contribution >= 4 is 5.91 Å². The van der Waals surface area contributed by atoms with Gasteiger partial charge in [-0.3, -0.25) is 9.59 Å². The number of amides is 1. The zero-order valence-corrected chi connectivity index (χ0v) is 9.55. The highest BCUT2D eigenvalue weighted by atomic mass is 16.2. The molecule has 1 aromatic heterocycles. The summed E-state index contributed by atoms with van der Waals surface area (Å²) >= 11 is 0. The Morgan fingerprint density at radius 1 is 1.47 bits per heavy atom. The highest BCUT2D eigenvalue weighted by Gasteiger charge is 2.14. The van der Waals surface area contributed by atoms with E-state index in [4.69, 9.17) is 0 Å². The lowest BCUT2D eigenvalue weighted by atomic mass is 10.1. The number of carbonyl (C=O) groups excluding carboxylic acids is 1. The number of aryl methyl sites for hydroxylation is 2. The molecule has 0 radical (unpaired) electrons. The maximum absolute atomic E-state index is 11.8. The Bertz CT molecular complexity index is 435. The first-order chi connectivity index (χ1) is 6.97. The van der Waals surface area contributed by atoms with E-state index in [1.165, 1.54) is 4.90 Å². The highest BCUT2D eigenvalue weighted by molar-refractivity contribution is 5.93. The van der Waals surface area contributed by atoms with Crippen LogP contribution in [-0.2, 0) is 0 Å². The van der Waals surface area contributed by atoms with Crippen molar-refractivity contribution in [2.24, 2.45) is 0 Å². The predicted octanol–water partition coefficient (Wildman–Crippen LogP) is 1.08. The molecule has 1 N–H and O–H groups in total. The van der Waals surface area contributed by atoms with Crippen LogP contribution in [0, 0.1) is 13.8 Å². The minimum absolute atomic E-state index is 0.211. The molecule has 1 aromatic rings. The van der Waals surface area contributed by atoms with Crippen molar-refractivity contribution in [3.05, 3.63) is 33.2 Å². The van der Waals surface area contributed by atoms with Gasteiger partial charge in [-0.05, 0) is 32.4 Å². The van der Waals surface area contributed by atoms with Gasteiger partial charge in [0.15, 0.2) is 0 Å². The Kier molecular flexibility index (Phi) is 3.29. The minimum Gasteiger partial charge on any atom is -0.342 e. The summed E-state index contributed by atoms with van der Waals surface area (Å²) in [6, 6.07) is 1.64. The molecule has 1 amide bonds. The number of nitrogens with one attached hydrogen (secondary N) is 1. The molecule has 4 heteroatoms. The largest absolute Gasteiger partial charge is 0.342 e. The van der Waals surface area contributed by atoms with Crippen LogP contribution in [0.3, 0.4) is 0 Å². The van der Waals surface area contributed by atoms with Crippen molar-refractivity contribution in [2.75, 3.05) is 13.6 Å². The molecular weight excluding hydrogens is 192 g/mol. The maximum atomic E-state index is 11.8. The Morgan fingerprint density at radius 3 is 2.60 bits per heavy atom. The molecule has 15 heavy (non-hydrogen) atoms. The third-order valence-corrected chi connectivity index (χ3v) is 2.55. The molecule has 0 aliphatic rings. The van der Waals surface area contributed by atoms with Crippen LogP contribution in [0.15, 0.2) is 10.9 Å². The van der Waals surface area contributed by atoms with E-state index >= 15 is 0 Å². The summed E-state index contributed by atoms with van der Waals surface area (Å²) in [7, 11) is 1.68. The third kappa shape index (κ3) is 2.26. The van der Waals surface area contributed by atoms with Crippen LogP contribution in [0.1, 0.15) is 28.5 Å². The standard InChI is InChI=1S/C11H16N2O2/c1-5-13(4)11(15)9-6-7(2)8(3)12-10(9)14/h6H,5H2,1-4H3,(H,12,14). The predicted molar refractivity (Wildman–Crippen MR) is 59.2 cm³/mol. The van der Waals surface area contributed by atoms with Gasteiger partial charge in [-0.15, -0.1) is 0 Å². The van der Waals surface area contributed by atoms with Crippen LogP contribution >= 0.6 is 0 Å². The molecule has 0 saturated carbocycles. The number of hydrogen-bond acceptors (Lipinski definition) is 2. The molecule has 0 atom stereocenters. The monoisotopic (exact) mass is 208 g/mol. The Morgan fingerprint density at radius 2 is 2.07 bits per heavy atom. The smallest absolute Gasteiger partial charge is 0.261 e. The second-order valence-corrected chi connectivity index (χ2v) is 3.64. The zero-order chi connectivity index (χ0) is 11.6.